The number of nitrogens with zero attached hydrogens (tertiary/aromatic N) is 4. The van der Waals surface area contributed by atoms with E-state index in [0.29, 0.717) is 23.4 Å². The summed E-state index contributed by atoms with van der Waals surface area (Å²) in [5.41, 5.74) is 1.16. The number of aromatic nitrogens is 3. The van der Waals surface area contributed by atoms with Gasteiger partial charge in [0.15, 0.2) is 0 Å². The minimum absolute atomic E-state index is 0.121. The van der Waals surface area contributed by atoms with Crippen LogP contribution in [0, 0.1) is 5.92 Å². The van der Waals surface area contributed by atoms with Gasteiger partial charge in [-0.2, -0.15) is 0 Å². The Kier molecular flexibility index (Phi) is 5.04. The van der Waals surface area contributed by atoms with Crippen LogP contribution >= 0.6 is 11.6 Å². The zero-order chi connectivity index (χ0) is 17.1. The van der Waals surface area contributed by atoms with Gasteiger partial charge in [0.1, 0.15) is 0 Å². The van der Waals surface area contributed by atoms with Gasteiger partial charge in [-0.25, -0.2) is 4.68 Å². The van der Waals surface area contributed by atoms with E-state index >= 15 is 0 Å². The third kappa shape index (κ3) is 3.38. The topological polar surface area (TPSA) is 60.2 Å². The molecule has 0 radical (unpaired) electrons. The van der Waals surface area contributed by atoms with Crippen LogP contribution in [0.3, 0.4) is 0 Å². The van der Waals surface area contributed by atoms with Gasteiger partial charge in [-0.3, -0.25) is 4.79 Å². The minimum atomic E-state index is -0.121. The van der Waals surface area contributed by atoms with Crippen LogP contribution in [0.5, 0.6) is 5.88 Å². The number of hydrogen-bond donors (Lipinski definition) is 0. The molecule has 7 heteroatoms. The van der Waals surface area contributed by atoms with Crippen LogP contribution in [0.15, 0.2) is 24.3 Å². The lowest BCUT2D eigenvalue weighted by molar-refractivity contribution is 0.0673. The Bertz CT molecular complexity index is 731. The summed E-state index contributed by atoms with van der Waals surface area (Å²) in [5.74, 6) is 0.758. The first-order valence-corrected chi connectivity index (χ1v) is 8.48. The molecule has 0 aliphatic carbocycles. The maximum atomic E-state index is 12.8. The monoisotopic (exact) mass is 348 g/mol. The molecular formula is C17H21ClN4O2. The maximum absolute atomic E-state index is 12.8. The Morgan fingerprint density at radius 1 is 1.42 bits per heavy atom. The molecule has 0 saturated carbocycles. The van der Waals surface area contributed by atoms with Crippen molar-refractivity contribution in [1.82, 2.24) is 19.9 Å². The van der Waals surface area contributed by atoms with E-state index in [0.717, 1.165) is 31.5 Å². The van der Waals surface area contributed by atoms with Crippen molar-refractivity contribution >= 4 is 17.5 Å². The van der Waals surface area contributed by atoms with Gasteiger partial charge in [0.25, 0.3) is 5.91 Å². The van der Waals surface area contributed by atoms with E-state index in [2.05, 4.69) is 17.2 Å². The highest BCUT2D eigenvalue weighted by atomic mass is 35.5. The number of halogens is 1. The van der Waals surface area contributed by atoms with E-state index in [1.807, 2.05) is 29.2 Å². The number of methoxy groups -OCH3 is 1. The first-order valence-electron chi connectivity index (χ1n) is 8.10. The van der Waals surface area contributed by atoms with E-state index in [1.54, 1.807) is 4.68 Å². The summed E-state index contributed by atoms with van der Waals surface area (Å²) in [7, 11) is 1.53. The number of amides is 1. The molecule has 0 bridgehead atoms. The first kappa shape index (κ1) is 16.8. The molecule has 1 aromatic heterocycles. The zero-order valence-corrected chi connectivity index (χ0v) is 14.7. The van der Waals surface area contributed by atoms with Crippen LogP contribution in [0.2, 0.25) is 5.02 Å². The molecule has 1 fully saturated rings. The molecule has 0 spiro atoms. The van der Waals surface area contributed by atoms with Crippen molar-refractivity contribution in [3.05, 3.63) is 40.5 Å². The van der Waals surface area contributed by atoms with Crippen LogP contribution in [0.1, 0.15) is 35.8 Å². The highest BCUT2D eigenvalue weighted by Crippen LogP contribution is 2.24. The number of ether oxygens (including phenoxy) is 1. The fraction of sp³-hybridized carbons (Fsp3) is 0.471. The fourth-order valence-electron chi connectivity index (χ4n) is 3.06. The van der Waals surface area contributed by atoms with Gasteiger partial charge >= 0.3 is 0 Å². The smallest absolute Gasteiger partial charge is 0.280 e. The van der Waals surface area contributed by atoms with Crippen molar-refractivity contribution in [2.75, 3.05) is 20.2 Å². The van der Waals surface area contributed by atoms with Crippen molar-refractivity contribution in [2.45, 2.75) is 26.3 Å². The third-order valence-corrected chi connectivity index (χ3v) is 4.68. The average Bonchev–Trinajstić information content (AvgIpc) is 2.99. The number of likely N-dealkylation sites (tertiary alicyclic amines) is 1. The molecule has 1 aromatic carbocycles. The molecule has 2 heterocycles. The zero-order valence-electron chi connectivity index (χ0n) is 13.9. The average molecular weight is 349 g/mol. The number of rotatable bonds is 4. The minimum Gasteiger partial charge on any atom is -0.479 e. The van der Waals surface area contributed by atoms with Gasteiger partial charge in [0.2, 0.25) is 11.6 Å². The quantitative estimate of drug-likeness (QED) is 0.852. The predicted octanol–water partition coefficient (Wildman–Crippen LogP) is 2.86. The Hall–Kier alpha value is -2.08. The van der Waals surface area contributed by atoms with E-state index in [1.165, 1.54) is 7.11 Å². The summed E-state index contributed by atoms with van der Waals surface area (Å²) < 4.78 is 6.99. The molecule has 24 heavy (non-hydrogen) atoms. The summed E-state index contributed by atoms with van der Waals surface area (Å²) in [4.78, 5) is 14.6. The largest absolute Gasteiger partial charge is 0.479 e. The second-order valence-electron chi connectivity index (χ2n) is 6.19. The van der Waals surface area contributed by atoms with E-state index in [9.17, 15) is 4.79 Å². The van der Waals surface area contributed by atoms with Crippen molar-refractivity contribution in [3.63, 3.8) is 0 Å². The first-order chi connectivity index (χ1) is 11.6. The molecule has 1 aliphatic heterocycles. The highest BCUT2D eigenvalue weighted by molar-refractivity contribution is 6.31. The molecule has 3 rings (SSSR count). The SMILES string of the molecule is COc1c(C(=O)N2CCC[C@@H](C)C2)nnn1Cc1ccccc1Cl. The van der Waals surface area contributed by atoms with Crippen molar-refractivity contribution in [2.24, 2.45) is 5.92 Å². The second kappa shape index (κ2) is 7.21. The lowest BCUT2D eigenvalue weighted by Crippen LogP contribution is -2.39. The third-order valence-electron chi connectivity index (χ3n) is 4.31. The molecule has 0 unspecified atom stereocenters. The molecule has 1 amide bonds. The molecule has 1 atom stereocenters. The molecule has 128 valence electrons. The molecule has 1 saturated heterocycles. The lowest BCUT2D eigenvalue weighted by atomic mass is 10.00. The summed E-state index contributed by atoms with van der Waals surface area (Å²) in [6, 6.07) is 7.52. The van der Waals surface area contributed by atoms with Gasteiger partial charge in [0, 0.05) is 18.1 Å². The lowest BCUT2D eigenvalue weighted by Gasteiger charge is -2.30. The number of benzene rings is 1. The highest BCUT2D eigenvalue weighted by Gasteiger charge is 2.28. The van der Waals surface area contributed by atoms with Crippen LogP contribution in [-0.2, 0) is 6.54 Å². The fourth-order valence-corrected chi connectivity index (χ4v) is 3.25. The summed E-state index contributed by atoms with van der Waals surface area (Å²) >= 11 is 6.20. The van der Waals surface area contributed by atoms with Crippen molar-refractivity contribution in [3.8, 4) is 5.88 Å². The second-order valence-corrected chi connectivity index (χ2v) is 6.60. The molecular weight excluding hydrogens is 328 g/mol. The van der Waals surface area contributed by atoms with E-state index < -0.39 is 0 Å². The molecule has 1 aliphatic rings. The van der Waals surface area contributed by atoms with E-state index in [4.69, 9.17) is 16.3 Å². The van der Waals surface area contributed by atoms with Crippen LogP contribution < -0.4 is 4.74 Å². The Labute approximate surface area is 146 Å². The predicted molar refractivity (Wildman–Crippen MR) is 91.4 cm³/mol. The van der Waals surface area contributed by atoms with Crippen LogP contribution in [0.4, 0.5) is 0 Å². The summed E-state index contributed by atoms with van der Waals surface area (Å²) in [5, 5.41) is 8.81. The summed E-state index contributed by atoms with van der Waals surface area (Å²) in [6.07, 6.45) is 2.17. The van der Waals surface area contributed by atoms with Crippen LogP contribution in [0.25, 0.3) is 0 Å². The number of carbonyl (C=O) groups is 1. The molecule has 0 N–H and O–H groups in total. The summed E-state index contributed by atoms with van der Waals surface area (Å²) in [6.45, 7) is 4.06. The molecule has 2 aromatic rings. The Morgan fingerprint density at radius 2 is 2.21 bits per heavy atom. The van der Waals surface area contributed by atoms with Gasteiger partial charge < -0.3 is 9.64 Å². The number of piperidine rings is 1. The van der Waals surface area contributed by atoms with Crippen molar-refractivity contribution < 1.29 is 9.53 Å². The van der Waals surface area contributed by atoms with Gasteiger partial charge in [-0.05, 0) is 30.4 Å². The maximum Gasteiger partial charge on any atom is 0.280 e. The molecule has 6 nitrogen and oxygen atoms in total. The van der Waals surface area contributed by atoms with Crippen molar-refractivity contribution in [1.29, 1.82) is 0 Å². The standard InChI is InChI=1S/C17H21ClN4O2/c1-12-6-5-9-21(10-12)16(23)15-17(24-2)22(20-19-15)11-13-7-3-4-8-14(13)18/h3-4,7-8,12H,5-6,9-11H2,1-2H3/t12-/m1/s1. The Balaban J connectivity index is 1.84. The Morgan fingerprint density at radius 3 is 2.92 bits per heavy atom. The van der Waals surface area contributed by atoms with Gasteiger partial charge in [-0.1, -0.05) is 41.9 Å². The number of carbonyl (C=O) groups excluding carboxylic acids is 1. The van der Waals surface area contributed by atoms with E-state index in [-0.39, 0.29) is 11.6 Å². The van der Waals surface area contributed by atoms with Gasteiger partial charge in [-0.15, -0.1) is 5.10 Å². The normalized spacial score (nSPS) is 17.8. The van der Waals surface area contributed by atoms with Crippen LogP contribution in [-0.4, -0.2) is 46.0 Å². The van der Waals surface area contributed by atoms with Gasteiger partial charge in [0.05, 0.1) is 13.7 Å². The number of hydrogen-bond acceptors (Lipinski definition) is 4.